The summed E-state index contributed by atoms with van der Waals surface area (Å²) in [6.45, 7) is 1.31. The minimum atomic E-state index is -0.218. The lowest BCUT2D eigenvalue weighted by molar-refractivity contribution is 0.0679. The summed E-state index contributed by atoms with van der Waals surface area (Å²) < 4.78 is 16.2. The van der Waals surface area contributed by atoms with Gasteiger partial charge in [-0.2, -0.15) is 0 Å². The number of aromatic nitrogens is 1. The number of hydrogen-bond donors (Lipinski definition) is 1. The van der Waals surface area contributed by atoms with E-state index in [1.807, 2.05) is 6.07 Å². The third-order valence-electron chi connectivity index (χ3n) is 3.76. The highest BCUT2D eigenvalue weighted by atomic mass is 16.5. The number of methoxy groups -OCH3 is 1. The Labute approximate surface area is 140 Å². The van der Waals surface area contributed by atoms with E-state index < -0.39 is 0 Å². The van der Waals surface area contributed by atoms with Crippen molar-refractivity contribution in [3.63, 3.8) is 0 Å². The first-order valence-electron chi connectivity index (χ1n) is 7.90. The summed E-state index contributed by atoms with van der Waals surface area (Å²) in [5.74, 6) is 0.938. The van der Waals surface area contributed by atoms with Crippen LogP contribution >= 0.6 is 0 Å². The van der Waals surface area contributed by atoms with Gasteiger partial charge in [0.15, 0.2) is 0 Å². The molecule has 6 nitrogen and oxygen atoms in total. The summed E-state index contributed by atoms with van der Waals surface area (Å²) in [5.41, 5.74) is 1.13. The Morgan fingerprint density at radius 1 is 1.38 bits per heavy atom. The van der Waals surface area contributed by atoms with E-state index in [-0.39, 0.29) is 12.0 Å². The van der Waals surface area contributed by atoms with E-state index in [0.717, 1.165) is 19.4 Å². The van der Waals surface area contributed by atoms with E-state index >= 15 is 0 Å². The van der Waals surface area contributed by atoms with E-state index in [0.29, 0.717) is 29.5 Å². The molecule has 1 aliphatic heterocycles. The third-order valence-corrected chi connectivity index (χ3v) is 3.76. The monoisotopic (exact) mass is 328 g/mol. The molecule has 126 valence electrons. The van der Waals surface area contributed by atoms with Crippen LogP contribution in [0.4, 0.5) is 5.69 Å². The summed E-state index contributed by atoms with van der Waals surface area (Å²) in [4.78, 5) is 16.4. The Balaban J connectivity index is 1.60. The Hall–Kier alpha value is -2.60. The zero-order valence-electron chi connectivity index (χ0n) is 13.5. The van der Waals surface area contributed by atoms with Crippen LogP contribution in [-0.4, -0.2) is 37.3 Å². The summed E-state index contributed by atoms with van der Waals surface area (Å²) in [6, 6.07) is 10.5. The number of anilines is 1. The standard InChI is InChI=1S/C18H20N2O4/c1-22-17-8-7-14(11-19-17)20-18(21)13-4-2-5-15(10-13)24-12-16-6-3-9-23-16/h2,4-5,7-8,10-11,16H,3,6,9,12H2,1H3,(H,20,21). The van der Waals surface area contributed by atoms with Crippen molar-refractivity contribution in [3.8, 4) is 11.6 Å². The first kappa shape index (κ1) is 16.3. The number of pyridine rings is 1. The Morgan fingerprint density at radius 3 is 3.00 bits per heavy atom. The van der Waals surface area contributed by atoms with E-state index in [9.17, 15) is 4.79 Å². The van der Waals surface area contributed by atoms with Gasteiger partial charge < -0.3 is 19.5 Å². The second-order valence-corrected chi connectivity index (χ2v) is 5.52. The van der Waals surface area contributed by atoms with Crippen LogP contribution in [0.1, 0.15) is 23.2 Å². The second-order valence-electron chi connectivity index (χ2n) is 5.52. The lowest BCUT2D eigenvalue weighted by atomic mass is 10.2. The van der Waals surface area contributed by atoms with Gasteiger partial charge in [0, 0.05) is 18.2 Å². The van der Waals surface area contributed by atoms with Gasteiger partial charge in [-0.05, 0) is 37.1 Å². The number of amides is 1. The molecule has 0 bridgehead atoms. The Kier molecular flexibility index (Phi) is 5.28. The maximum Gasteiger partial charge on any atom is 0.255 e. The minimum absolute atomic E-state index is 0.146. The average molecular weight is 328 g/mol. The van der Waals surface area contributed by atoms with Crippen molar-refractivity contribution in [2.24, 2.45) is 0 Å². The van der Waals surface area contributed by atoms with Gasteiger partial charge in [-0.1, -0.05) is 6.07 Å². The zero-order chi connectivity index (χ0) is 16.8. The largest absolute Gasteiger partial charge is 0.491 e. The highest BCUT2D eigenvalue weighted by Crippen LogP contribution is 2.18. The first-order valence-corrected chi connectivity index (χ1v) is 7.90. The summed E-state index contributed by atoms with van der Waals surface area (Å²) >= 11 is 0. The van der Waals surface area contributed by atoms with Crippen LogP contribution in [0.15, 0.2) is 42.6 Å². The molecule has 2 aromatic rings. The normalized spacial score (nSPS) is 16.6. The molecule has 6 heteroatoms. The molecule has 0 saturated carbocycles. The van der Waals surface area contributed by atoms with Gasteiger partial charge in [0.2, 0.25) is 5.88 Å². The van der Waals surface area contributed by atoms with Crippen molar-refractivity contribution >= 4 is 11.6 Å². The highest BCUT2D eigenvalue weighted by Gasteiger charge is 2.16. The average Bonchev–Trinajstić information content (AvgIpc) is 3.14. The second kappa shape index (κ2) is 7.79. The van der Waals surface area contributed by atoms with Crippen LogP contribution in [-0.2, 0) is 4.74 Å². The van der Waals surface area contributed by atoms with Gasteiger partial charge in [0.1, 0.15) is 12.4 Å². The van der Waals surface area contributed by atoms with Crippen LogP contribution < -0.4 is 14.8 Å². The van der Waals surface area contributed by atoms with Gasteiger partial charge in [0.05, 0.1) is 25.1 Å². The molecule has 0 radical (unpaired) electrons. The van der Waals surface area contributed by atoms with Crippen molar-refractivity contribution in [1.29, 1.82) is 0 Å². The van der Waals surface area contributed by atoms with Gasteiger partial charge in [0.25, 0.3) is 5.91 Å². The molecule has 1 unspecified atom stereocenters. The molecule has 24 heavy (non-hydrogen) atoms. The van der Waals surface area contributed by atoms with Crippen LogP contribution in [0.3, 0.4) is 0 Å². The molecule has 0 spiro atoms. The van der Waals surface area contributed by atoms with Crippen molar-refractivity contribution in [2.45, 2.75) is 18.9 Å². The maximum atomic E-state index is 12.3. The van der Waals surface area contributed by atoms with E-state index in [1.54, 1.807) is 43.6 Å². The van der Waals surface area contributed by atoms with Gasteiger partial charge in [-0.3, -0.25) is 4.79 Å². The smallest absolute Gasteiger partial charge is 0.255 e. The van der Waals surface area contributed by atoms with E-state index in [4.69, 9.17) is 14.2 Å². The number of nitrogens with zero attached hydrogens (tertiary/aromatic N) is 1. The SMILES string of the molecule is COc1ccc(NC(=O)c2cccc(OCC3CCCO3)c2)cn1. The van der Waals surface area contributed by atoms with E-state index in [2.05, 4.69) is 10.3 Å². The van der Waals surface area contributed by atoms with Gasteiger partial charge in [-0.15, -0.1) is 0 Å². The number of ether oxygens (including phenoxy) is 3. The van der Waals surface area contributed by atoms with Crippen LogP contribution in [0, 0.1) is 0 Å². The van der Waals surface area contributed by atoms with Crippen LogP contribution in [0.5, 0.6) is 11.6 Å². The fraction of sp³-hybridized carbons (Fsp3) is 0.333. The molecule has 3 rings (SSSR count). The zero-order valence-corrected chi connectivity index (χ0v) is 13.5. The molecular weight excluding hydrogens is 308 g/mol. The molecule has 1 atom stereocenters. The predicted molar refractivity (Wildman–Crippen MR) is 89.7 cm³/mol. The van der Waals surface area contributed by atoms with Gasteiger partial charge >= 0.3 is 0 Å². The lowest BCUT2D eigenvalue weighted by Crippen LogP contribution is -2.17. The maximum absolute atomic E-state index is 12.3. The number of carbonyl (C=O) groups is 1. The topological polar surface area (TPSA) is 69.7 Å². The van der Waals surface area contributed by atoms with Crippen molar-refractivity contribution in [2.75, 3.05) is 25.6 Å². The molecule has 1 fully saturated rings. The summed E-state index contributed by atoms with van der Waals surface area (Å²) in [7, 11) is 1.54. The number of carbonyl (C=O) groups excluding carboxylic acids is 1. The summed E-state index contributed by atoms with van der Waals surface area (Å²) in [5, 5.41) is 2.80. The quantitative estimate of drug-likeness (QED) is 0.883. The molecule has 1 aromatic heterocycles. The molecule has 1 aromatic carbocycles. The number of rotatable bonds is 6. The van der Waals surface area contributed by atoms with Crippen molar-refractivity contribution in [1.82, 2.24) is 4.98 Å². The molecule has 2 heterocycles. The highest BCUT2D eigenvalue weighted by molar-refractivity contribution is 6.04. The lowest BCUT2D eigenvalue weighted by Gasteiger charge is -2.12. The van der Waals surface area contributed by atoms with Crippen LogP contribution in [0.25, 0.3) is 0 Å². The summed E-state index contributed by atoms with van der Waals surface area (Å²) in [6.07, 6.45) is 3.79. The molecule has 1 saturated heterocycles. The fourth-order valence-corrected chi connectivity index (χ4v) is 2.47. The number of nitrogens with one attached hydrogen (secondary N) is 1. The number of benzene rings is 1. The molecular formula is C18H20N2O4. The molecule has 1 aliphatic rings. The third kappa shape index (κ3) is 4.23. The van der Waals surface area contributed by atoms with Gasteiger partial charge in [-0.25, -0.2) is 4.98 Å². The fourth-order valence-electron chi connectivity index (χ4n) is 2.47. The minimum Gasteiger partial charge on any atom is -0.491 e. The van der Waals surface area contributed by atoms with Crippen LogP contribution in [0.2, 0.25) is 0 Å². The molecule has 1 amide bonds. The number of hydrogen-bond acceptors (Lipinski definition) is 5. The van der Waals surface area contributed by atoms with E-state index in [1.165, 1.54) is 0 Å². The Morgan fingerprint density at radius 2 is 2.29 bits per heavy atom. The Bertz CT molecular complexity index is 682. The molecule has 1 N–H and O–H groups in total. The van der Waals surface area contributed by atoms with Crippen molar-refractivity contribution < 1.29 is 19.0 Å². The van der Waals surface area contributed by atoms with Crippen molar-refractivity contribution in [3.05, 3.63) is 48.2 Å². The predicted octanol–water partition coefficient (Wildman–Crippen LogP) is 2.90. The first-order chi connectivity index (χ1) is 11.7. The molecule has 0 aliphatic carbocycles.